The van der Waals surface area contributed by atoms with Gasteiger partial charge in [0.15, 0.2) is 5.78 Å². The first-order chi connectivity index (χ1) is 9.54. The zero-order chi connectivity index (χ0) is 14.3. The number of carbonyl (C=O) groups excluding carboxylic acids is 1. The van der Waals surface area contributed by atoms with Crippen LogP contribution in [0.15, 0.2) is 23.0 Å². The molecule has 3 heterocycles. The number of fused-ring (bicyclic) bond motifs is 4. The molecule has 1 fully saturated rings. The van der Waals surface area contributed by atoms with Crippen molar-refractivity contribution in [3.63, 3.8) is 0 Å². The Kier molecular flexibility index (Phi) is 3.48. The molecular formula is C15H20N2O3. The molecule has 2 aliphatic heterocycles. The van der Waals surface area contributed by atoms with E-state index >= 15 is 0 Å². The van der Waals surface area contributed by atoms with Gasteiger partial charge in [-0.1, -0.05) is 6.07 Å². The zero-order valence-corrected chi connectivity index (χ0v) is 11.7. The van der Waals surface area contributed by atoms with Gasteiger partial charge in [-0.3, -0.25) is 14.5 Å². The summed E-state index contributed by atoms with van der Waals surface area (Å²) in [5, 5.41) is 9.33. The van der Waals surface area contributed by atoms with E-state index in [0.29, 0.717) is 18.4 Å². The van der Waals surface area contributed by atoms with Gasteiger partial charge in [-0.25, -0.2) is 0 Å². The normalized spacial score (nSPS) is 26.9. The summed E-state index contributed by atoms with van der Waals surface area (Å²) in [4.78, 5) is 25.7. The number of pyridine rings is 1. The van der Waals surface area contributed by atoms with Crippen molar-refractivity contribution in [2.24, 2.45) is 5.92 Å². The van der Waals surface area contributed by atoms with E-state index in [1.54, 1.807) is 6.07 Å². The summed E-state index contributed by atoms with van der Waals surface area (Å²) in [7, 11) is 0. The molecule has 0 aromatic carbocycles. The van der Waals surface area contributed by atoms with E-state index in [-0.39, 0.29) is 11.3 Å². The van der Waals surface area contributed by atoms with Gasteiger partial charge in [-0.15, -0.1) is 0 Å². The van der Waals surface area contributed by atoms with E-state index in [4.69, 9.17) is 0 Å². The van der Waals surface area contributed by atoms with Crippen molar-refractivity contribution in [2.75, 3.05) is 19.6 Å². The van der Waals surface area contributed by atoms with Gasteiger partial charge in [0, 0.05) is 37.3 Å². The first kappa shape index (κ1) is 13.5. The topological polar surface area (TPSA) is 62.5 Å². The number of likely N-dealkylation sites (tertiary alicyclic amines) is 1. The molecule has 3 atom stereocenters. The first-order valence-corrected chi connectivity index (χ1v) is 7.17. The smallest absolute Gasteiger partial charge is 0.250 e. The van der Waals surface area contributed by atoms with Crippen LogP contribution in [-0.2, 0) is 11.3 Å². The molecule has 0 spiro atoms. The van der Waals surface area contributed by atoms with E-state index in [2.05, 4.69) is 4.90 Å². The Labute approximate surface area is 117 Å². The predicted molar refractivity (Wildman–Crippen MR) is 74.7 cm³/mol. The Morgan fingerprint density at radius 1 is 1.40 bits per heavy atom. The molecule has 0 saturated carbocycles. The fourth-order valence-corrected chi connectivity index (χ4v) is 3.48. The molecule has 1 saturated heterocycles. The molecule has 0 aliphatic carbocycles. The third-order valence-electron chi connectivity index (χ3n) is 4.40. The summed E-state index contributed by atoms with van der Waals surface area (Å²) in [5.74, 6) is 0.608. The molecule has 1 aromatic heterocycles. The lowest BCUT2D eigenvalue weighted by molar-refractivity contribution is -0.128. The zero-order valence-electron chi connectivity index (χ0n) is 11.7. The number of aromatic nitrogens is 1. The van der Waals surface area contributed by atoms with Gasteiger partial charge in [0.05, 0.1) is 6.54 Å². The Bertz CT molecular complexity index is 579. The largest absolute Gasteiger partial charge is 0.386 e. The number of aliphatic hydroxyl groups excluding tert-OH is 1. The molecule has 5 heteroatoms. The third-order valence-corrected chi connectivity index (χ3v) is 4.40. The molecule has 2 bridgehead atoms. The Morgan fingerprint density at radius 2 is 2.20 bits per heavy atom. The van der Waals surface area contributed by atoms with E-state index in [0.717, 1.165) is 31.7 Å². The van der Waals surface area contributed by atoms with Crippen LogP contribution in [0.4, 0.5) is 0 Å². The second kappa shape index (κ2) is 5.14. The predicted octanol–water partition coefficient (Wildman–Crippen LogP) is 0.217. The summed E-state index contributed by atoms with van der Waals surface area (Å²) >= 11 is 0. The Hall–Kier alpha value is -1.46. The molecule has 20 heavy (non-hydrogen) atoms. The number of aliphatic hydroxyl groups is 1. The fourth-order valence-electron chi connectivity index (χ4n) is 3.48. The Balaban J connectivity index is 1.80. The van der Waals surface area contributed by atoms with Gasteiger partial charge in [-0.2, -0.15) is 0 Å². The standard InChI is InChI=1S/C15H20N2O3/c1-10(18)14(19)9-16-6-11-5-12(8-16)13-3-2-4-15(20)17(13)7-11/h2-4,10-12,18H,5-9H2,1H3/t10-,11-,12+/m1/s1. The fraction of sp³-hybridized carbons (Fsp3) is 0.600. The molecule has 108 valence electrons. The number of hydrogen-bond acceptors (Lipinski definition) is 4. The maximum atomic E-state index is 11.9. The minimum absolute atomic E-state index is 0.0747. The van der Waals surface area contributed by atoms with Crippen molar-refractivity contribution in [2.45, 2.75) is 31.9 Å². The quantitative estimate of drug-likeness (QED) is 0.857. The van der Waals surface area contributed by atoms with Crippen LogP contribution >= 0.6 is 0 Å². The third kappa shape index (κ3) is 2.43. The van der Waals surface area contributed by atoms with Crippen LogP contribution in [-0.4, -0.2) is 46.1 Å². The van der Waals surface area contributed by atoms with Crippen molar-refractivity contribution in [1.29, 1.82) is 0 Å². The van der Waals surface area contributed by atoms with E-state index in [1.807, 2.05) is 16.7 Å². The van der Waals surface area contributed by atoms with Gasteiger partial charge in [0.2, 0.25) is 0 Å². The van der Waals surface area contributed by atoms with E-state index in [1.165, 1.54) is 6.92 Å². The molecule has 0 unspecified atom stereocenters. The molecule has 0 radical (unpaired) electrons. The summed E-state index contributed by atoms with van der Waals surface area (Å²) < 4.78 is 1.88. The van der Waals surface area contributed by atoms with Crippen LogP contribution < -0.4 is 5.56 Å². The summed E-state index contributed by atoms with van der Waals surface area (Å²) in [6.07, 6.45) is 0.190. The number of carbonyl (C=O) groups is 1. The molecule has 5 nitrogen and oxygen atoms in total. The number of nitrogens with zero attached hydrogens (tertiary/aromatic N) is 2. The first-order valence-electron chi connectivity index (χ1n) is 7.17. The molecule has 0 amide bonds. The molecule has 1 N–H and O–H groups in total. The maximum Gasteiger partial charge on any atom is 0.250 e. The summed E-state index contributed by atoms with van der Waals surface area (Å²) in [6, 6.07) is 5.44. The van der Waals surface area contributed by atoms with E-state index in [9.17, 15) is 14.7 Å². The molecular weight excluding hydrogens is 256 g/mol. The lowest BCUT2D eigenvalue weighted by Crippen LogP contribution is -2.49. The second-order valence-electron chi connectivity index (χ2n) is 6.03. The number of rotatable bonds is 3. The van der Waals surface area contributed by atoms with Crippen molar-refractivity contribution in [1.82, 2.24) is 9.47 Å². The van der Waals surface area contributed by atoms with Gasteiger partial charge in [0.25, 0.3) is 5.56 Å². The van der Waals surface area contributed by atoms with Crippen molar-refractivity contribution < 1.29 is 9.90 Å². The van der Waals surface area contributed by atoms with Crippen molar-refractivity contribution in [3.05, 3.63) is 34.2 Å². The number of piperidine rings is 1. The Morgan fingerprint density at radius 3 is 2.95 bits per heavy atom. The van der Waals surface area contributed by atoms with Crippen LogP contribution in [0, 0.1) is 5.92 Å². The molecule has 1 aromatic rings. The monoisotopic (exact) mass is 276 g/mol. The average Bonchev–Trinajstić information content (AvgIpc) is 2.40. The van der Waals surface area contributed by atoms with Crippen LogP contribution in [0.1, 0.15) is 25.0 Å². The lowest BCUT2D eigenvalue weighted by atomic mass is 9.83. The van der Waals surface area contributed by atoms with Crippen molar-refractivity contribution >= 4 is 5.78 Å². The highest BCUT2D eigenvalue weighted by Crippen LogP contribution is 2.34. The van der Waals surface area contributed by atoms with Crippen LogP contribution in [0.2, 0.25) is 0 Å². The van der Waals surface area contributed by atoms with E-state index < -0.39 is 6.10 Å². The van der Waals surface area contributed by atoms with Crippen LogP contribution in [0.3, 0.4) is 0 Å². The van der Waals surface area contributed by atoms with Gasteiger partial charge in [-0.05, 0) is 25.3 Å². The minimum atomic E-state index is -0.897. The van der Waals surface area contributed by atoms with Gasteiger partial charge in [0.1, 0.15) is 6.10 Å². The lowest BCUT2D eigenvalue weighted by Gasteiger charge is -2.42. The molecule has 3 rings (SSSR count). The second-order valence-corrected chi connectivity index (χ2v) is 6.03. The van der Waals surface area contributed by atoms with Crippen LogP contribution in [0.25, 0.3) is 0 Å². The number of hydrogen-bond donors (Lipinski definition) is 1. The summed E-state index contributed by atoms with van der Waals surface area (Å²) in [5.41, 5.74) is 1.16. The summed E-state index contributed by atoms with van der Waals surface area (Å²) in [6.45, 7) is 4.18. The van der Waals surface area contributed by atoms with Crippen LogP contribution in [0.5, 0.6) is 0 Å². The maximum absolute atomic E-state index is 11.9. The SMILES string of the molecule is C[C@@H](O)C(=O)CN1C[C@H]2C[C@@H](C1)c1cccc(=O)n1C2. The van der Waals surface area contributed by atoms with Crippen molar-refractivity contribution in [3.8, 4) is 0 Å². The highest BCUT2D eigenvalue weighted by atomic mass is 16.3. The number of ketones is 1. The van der Waals surface area contributed by atoms with Gasteiger partial charge >= 0.3 is 0 Å². The molecule has 2 aliphatic rings. The van der Waals surface area contributed by atoms with Gasteiger partial charge < -0.3 is 9.67 Å². The minimum Gasteiger partial charge on any atom is -0.386 e. The number of Topliss-reactive ketones (excluding diaryl/α,β-unsaturated/α-hetero) is 1. The highest BCUT2D eigenvalue weighted by Gasteiger charge is 2.35. The highest BCUT2D eigenvalue weighted by molar-refractivity contribution is 5.84. The average molecular weight is 276 g/mol.